The Kier molecular flexibility index (Phi) is 8.27. The number of ether oxygens (including phenoxy) is 2. The molecule has 2 aromatic carbocycles. The largest absolute Gasteiger partial charge is 0.497 e. The summed E-state index contributed by atoms with van der Waals surface area (Å²) in [6.45, 7) is 0. The van der Waals surface area contributed by atoms with Crippen LogP contribution in [0.5, 0.6) is 17.2 Å². The second kappa shape index (κ2) is 11.8. The Morgan fingerprint density at radius 3 is 2.38 bits per heavy atom. The summed E-state index contributed by atoms with van der Waals surface area (Å²) in [6.07, 6.45) is 1.46. The van der Waals surface area contributed by atoms with E-state index in [0.717, 1.165) is 0 Å². The minimum absolute atomic E-state index is 0.0288. The SMILES string of the molecule is COc1ccc(-n2[nH]c(=O)cc2NC(=O)Nc2ccc(Oc3ccnc(NC(=O)N(C)C)c3)c(Cl)c2Cl)cc1. The number of aromatic nitrogens is 3. The zero-order valence-electron chi connectivity index (χ0n) is 20.9. The number of amides is 4. The van der Waals surface area contributed by atoms with Crippen LogP contribution in [0, 0.1) is 0 Å². The standard InChI is InChI=1S/C25H23Cl2N7O5/c1-33(2)25(37)30-19-12-16(10-11-28-19)39-18-9-8-17(22(26)23(18)27)29-24(36)31-20-13-21(35)32-34(20)14-4-6-15(38-3)7-5-14/h4-13H,1-3H3,(H,32,35)(H,28,30,37)(H2,29,31,36). The molecule has 4 rings (SSSR count). The van der Waals surface area contributed by atoms with E-state index in [0.29, 0.717) is 17.2 Å². The number of pyridine rings is 1. The van der Waals surface area contributed by atoms with E-state index in [9.17, 15) is 14.4 Å². The van der Waals surface area contributed by atoms with Gasteiger partial charge in [0.15, 0.2) is 0 Å². The Morgan fingerprint density at radius 2 is 1.69 bits per heavy atom. The molecular formula is C25H23Cl2N7O5. The Balaban J connectivity index is 1.47. The summed E-state index contributed by atoms with van der Waals surface area (Å²) in [5, 5.41) is 10.5. The van der Waals surface area contributed by atoms with E-state index < -0.39 is 11.6 Å². The third kappa shape index (κ3) is 6.61. The molecule has 0 spiro atoms. The molecule has 0 saturated heterocycles. The smallest absolute Gasteiger partial charge is 0.324 e. The van der Waals surface area contributed by atoms with Gasteiger partial charge < -0.3 is 19.7 Å². The van der Waals surface area contributed by atoms with E-state index in [1.807, 2.05) is 0 Å². The highest BCUT2D eigenvalue weighted by Crippen LogP contribution is 2.39. The number of hydrogen-bond donors (Lipinski definition) is 4. The Bertz CT molecular complexity index is 1570. The molecule has 4 N–H and O–H groups in total. The van der Waals surface area contributed by atoms with Crippen LogP contribution in [0.4, 0.5) is 26.9 Å². The number of carbonyl (C=O) groups excluding carboxylic acids is 2. The van der Waals surface area contributed by atoms with Gasteiger partial charge in [0.1, 0.15) is 33.9 Å². The number of anilines is 3. The quantitative estimate of drug-likeness (QED) is 0.233. The van der Waals surface area contributed by atoms with Crippen LogP contribution in [0.3, 0.4) is 0 Å². The van der Waals surface area contributed by atoms with Gasteiger partial charge in [0.2, 0.25) is 0 Å². The fraction of sp³-hybridized carbons (Fsp3) is 0.120. The fourth-order valence-corrected chi connectivity index (χ4v) is 3.69. The maximum atomic E-state index is 12.7. The van der Waals surface area contributed by atoms with Crippen molar-refractivity contribution in [2.75, 3.05) is 37.2 Å². The number of aromatic amines is 1. The maximum Gasteiger partial charge on any atom is 0.324 e. The van der Waals surface area contributed by atoms with Crippen LogP contribution in [0.15, 0.2) is 65.6 Å². The lowest BCUT2D eigenvalue weighted by Gasteiger charge is -2.15. The van der Waals surface area contributed by atoms with Gasteiger partial charge in [-0.2, -0.15) is 0 Å². The molecule has 0 bridgehead atoms. The molecule has 12 nitrogen and oxygen atoms in total. The monoisotopic (exact) mass is 571 g/mol. The summed E-state index contributed by atoms with van der Waals surface area (Å²) in [5.41, 5.74) is 0.384. The molecule has 202 valence electrons. The average Bonchev–Trinajstić information content (AvgIpc) is 3.28. The van der Waals surface area contributed by atoms with Crippen molar-refractivity contribution in [1.29, 1.82) is 0 Å². The van der Waals surface area contributed by atoms with Crippen LogP contribution >= 0.6 is 23.2 Å². The number of nitrogens with one attached hydrogen (secondary N) is 4. The zero-order chi connectivity index (χ0) is 28.1. The van der Waals surface area contributed by atoms with Crippen molar-refractivity contribution in [3.8, 4) is 22.9 Å². The number of nitrogens with zero attached hydrogens (tertiary/aromatic N) is 3. The summed E-state index contributed by atoms with van der Waals surface area (Å²) in [5.74, 6) is 1.67. The van der Waals surface area contributed by atoms with Crippen molar-refractivity contribution in [3.63, 3.8) is 0 Å². The summed E-state index contributed by atoms with van der Waals surface area (Å²) in [4.78, 5) is 42.0. The molecule has 39 heavy (non-hydrogen) atoms. The van der Waals surface area contributed by atoms with Crippen molar-refractivity contribution in [2.45, 2.75) is 0 Å². The van der Waals surface area contributed by atoms with Crippen molar-refractivity contribution in [3.05, 3.63) is 81.2 Å². The highest BCUT2D eigenvalue weighted by atomic mass is 35.5. The Morgan fingerprint density at radius 1 is 0.949 bits per heavy atom. The normalized spacial score (nSPS) is 10.5. The molecule has 0 aliphatic heterocycles. The summed E-state index contributed by atoms with van der Waals surface area (Å²) >= 11 is 12.8. The number of rotatable bonds is 7. The van der Waals surface area contributed by atoms with Gasteiger partial charge in [-0.05, 0) is 42.5 Å². The van der Waals surface area contributed by atoms with E-state index in [1.165, 1.54) is 40.0 Å². The van der Waals surface area contributed by atoms with Gasteiger partial charge >= 0.3 is 12.1 Å². The van der Waals surface area contributed by atoms with Crippen LogP contribution in [-0.2, 0) is 0 Å². The first-order valence-electron chi connectivity index (χ1n) is 11.3. The first-order valence-corrected chi connectivity index (χ1v) is 12.0. The third-order valence-corrected chi connectivity index (χ3v) is 6.06. The predicted molar refractivity (Wildman–Crippen MR) is 149 cm³/mol. The van der Waals surface area contributed by atoms with Gasteiger partial charge in [-0.25, -0.2) is 19.3 Å². The summed E-state index contributed by atoms with van der Waals surface area (Å²) < 4.78 is 12.4. The topological polar surface area (TPSA) is 143 Å². The highest BCUT2D eigenvalue weighted by molar-refractivity contribution is 6.45. The lowest BCUT2D eigenvalue weighted by atomic mass is 10.3. The fourth-order valence-electron chi connectivity index (χ4n) is 3.29. The van der Waals surface area contributed by atoms with Gasteiger partial charge in [0.25, 0.3) is 5.56 Å². The summed E-state index contributed by atoms with van der Waals surface area (Å²) in [7, 11) is 4.75. The lowest BCUT2D eigenvalue weighted by Crippen LogP contribution is -2.27. The van der Waals surface area contributed by atoms with Gasteiger partial charge in [-0.1, -0.05) is 23.2 Å². The number of urea groups is 2. The molecule has 2 aromatic heterocycles. The number of benzene rings is 2. The molecule has 2 heterocycles. The number of hydrogen-bond acceptors (Lipinski definition) is 6. The van der Waals surface area contributed by atoms with Crippen molar-refractivity contribution < 1.29 is 19.1 Å². The van der Waals surface area contributed by atoms with Crippen molar-refractivity contribution >= 4 is 52.6 Å². The zero-order valence-corrected chi connectivity index (χ0v) is 22.4. The molecule has 0 fully saturated rings. The van der Waals surface area contributed by atoms with Crippen molar-refractivity contribution in [2.24, 2.45) is 0 Å². The number of carbonyl (C=O) groups is 2. The van der Waals surface area contributed by atoms with Gasteiger partial charge in [-0.15, -0.1) is 0 Å². The predicted octanol–water partition coefficient (Wildman–Crippen LogP) is 5.41. The van der Waals surface area contributed by atoms with E-state index in [4.69, 9.17) is 32.7 Å². The number of methoxy groups -OCH3 is 1. The van der Waals surface area contributed by atoms with Crippen LogP contribution in [-0.4, -0.2) is 52.9 Å². The molecule has 0 saturated carbocycles. The highest BCUT2D eigenvalue weighted by Gasteiger charge is 2.16. The van der Waals surface area contributed by atoms with Gasteiger partial charge in [0, 0.05) is 32.4 Å². The minimum Gasteiger partial charge on any atom is -0.497 e. The molecule has 0 aliphatic carbocycles. The van der Waals surface area contributed by atoms with Crippen LogP contribution < -0.4 is 31.0 Å². The van der Waals surface area contributed by atoms with Crippen LogP contribution in [0.2, 0.25) is 10.0 Å². The molecular weight excluding hydrogens is 549 g/mol. The van der Waals surface area contributed by atoms with Gasteiger partial charge in [-0.3, -0.25) is 20.5 Å². The Labute approximate surface area is 232 Å². The molecule has 0 atom stereocenters. The number of H-pyrrole nitrogens is 1. The minimum atomic E-state index is -0.668. The Hall–Kier alpha value is -4.68. The van der Waals surface area contributed by atoms with E-state index in [-0.39, 0.29) is 39.1 Å². The molecule has 14 heteroatoms. The molecule has 0 unspecified atom stereocenters. The van der Waals surface area contributed by atoms with Crippen LogP contribution in [0.1, 0.15) is 0 Å². The van der Waals surface area contributed by atoms with E-state index in [1.54, 1.807) is 51.5 Å². The first kappa shape index (κ1) is 27.4. The van der Waals surface area contributed by atoms with E-state index in [2.05, 4.69) is 26.0 Å². The second-order valence-electron chi connectivity index (χ2n) is 8.16. The molecule has 0 radical (unpaired) electrons. The molecule has 4 amide bonds. The second-order valence-corrected chi connectivity index (χ2v) is 8.92. The van der Waals surface area contributed by atoms with Crippen molar-refractivity contribution in [1.82, 2.24) is 19.7 Å². The molecule has 0 aliphatic rings. The average molecular weight is 572 g/mol. The third-order valence-electron chi connectivity index (χ3n) is 5.20. The number of halogens is 2. The first-order chi connectivity index (χ1) is 18.6. The lowest BCUT2D eigenvalue weighted by molar-refractivity contribution is 0.230. The summed E-state index contributed by atoms with van der Waals surface area (Å²) in [6, 6.07) is 13.2. The van der Waals surface area contributed by atoms with Crippen LogP contribution in [0.25, 0.3) is 5.69 Å². The van der Waals surface area contributed by atoms with Gasteiger partial charge in [0.05, 0.1) is 23.5 Å². The maximum absolute atomic E-state index is 12.7. The van der Waals surface area contributed by atoms with E-state index >= 15 is 0 Å². The molecule has 4 aromatic rings.